The van der Waals surface area contributed by atoms with Crippen LogP contribution < -0.4 is 5.32 Å². The van der Waals surface area contributed by atoms with Gasteiger partial charge in [0, 0.05) is 12.2 Å². The summed E-state index contributed by atoms with van der Waals surface area (Å²) in [4.78, 5) is 28.2. The second-order valence-corrected chi connectivity index (χ2v) is 6.77. The number of nitrogens with one attached hydrogen (secondary N) is 1. The first kappa shape index (κ1) is 18.1. The lowest BCUT2D eigenvalue weighted by atomic mass is 10.1. The van der Waals surface area contributed by atoms with Crippen LogP contribution in [0.2, 0.25) is 0 Å². The largest absolute Gasteiger partial charge is 0.477 e. The molecule has 0 saturated heterocycles. The first-order chi connectivity index (χ1) is 11.3. The molecule has 2 N–H and O–H groups in total. The summed E-state index contributed by atoms with van der Waals surface area (Å²) >= 11 is 1.09. The maximum absolute atomic E-state index is 12.6. The van der Waals surface area contributed by atoms with E-state index >= 15 is 0 Å². The number of nitrogens with zero attached hydrogens (tertiary/aromatic N) is 3. The predicted octanol–water partition coefficient (Wildman–Crippen LogP) is 2.86. The minimum atomic E-state index is -0.998. The third-order valence-electron chi connectivity index (χ3n) is 3.77. The minimum Gasteiger partial charge on any atom is -0.477 e. The number of thiazole rings is 1. The molecule has 2 aromatic rings. The van der Waals surface area contributed by atoms with E-state index in [1.54, 1.807) is 13.8 Å². The zero-order valence-electron chi connectivity index (χ0n) is 14.5. The summed E-state index contributed by atoms with van der Waals surface area (Å²) in [5.74, 6) is -1.22. The highest BCUT2D eigenvalue weighted by molar-refractivity contribution is 7.13. The lowest BCUT2D eigenvalue weighted by Gasteiger charge is -2.11. The van der Waals surface area contributed by atoms with E-state index in [0.29, 0.717) is 22.0 Å². The van der Waals surface area contributed by atoms with Crippen LogP contribution in [0.3, 0.4) is 0 Å². The van der Waals surface area contributed by atoms with Crippen LogP contribution in [0, 0.1) is 20.8 Å². The second-order valence-electron chi connectivity index (χ2n) is 5.74. The van der Waals surface area contributed by atoms with Crippen molar-refractivity contribution >= 4 is 23.2 Å². The molecule has 0 fully saturated rings. The van der Waals surface area contributed by atoms with Gasteiger partial charge in [0.2, 0.25) is 0 Å². The topological polar surface area (TPSA) is 97.1 Å². The van der Waals surface area contributed by atoms with Gasteiger partial charge in [-0.25, -0.2) is 9.78 Å². The number of hydrogen-bond donors (Lipinski definition) is 2. The second kappa shape index (κ2) is 7.12. The Kier molecular flexibility index (Phi) is 5.38. The van der Waals surface area contributed by atoms with Crippen LogP contribution in [-0.2, 0) is 6.54 Å². The number of rotatable bonds is 6. The number of carbonyl (C=O) groups excluding carboxylic acids is 1. The number of hydrogen-bond acceptors (Lipinski definition) is 5. The molecule has 7 nitrogen and oxygen atoms in total. The summed E-state index contributed by atoms with van der Waals surface area (Å²) in [5, 5.41) is 17.0. The number of carboxylic acid groups (broad SMARTS) is 1. The van der Waals surface area contributed by atoms with E-state index in [0.717, 1.165) is 30.0 Å². The summed E-state index contributed by atoms with van der Waals surface area (Å²) in [5.41, 5.74) is 2.56. The van der Waals surface area contributed by atoms with Gasteiger partial charge in [-0.05, 0) is 34.1 Å². The Balaban J connectivity index is 2.20. The molecule has 1 unspecified atom stereocenters. The quantitative estimate of drug-likeness (QED) is 0.835. The third-order valence-corrected chi connectivity index (χ3v) is 5.10. The van der Waals surface area contributed by atoms with Crippen molar-refractivity contribution in [3.8, 4) is 0 Å². The number of aryl methyl sites for hydroxylation is 3. The molecule has 1 atom stereocenters. The van der Waals surface area contributed by atoms with Crippen LogP contribution in [0.4, 0.5) is 0 Å². The van der Waals surface area contributed by atoms with E-state index in [9.17, 15) is 9.59 Å². The molecule has 0 spiro atoms. The first-order valence-corrected chi connectivity index (χ1v) is 8.63. The van der Waals surface area contributed by atoms with Crippen molar-refractivity contribution in [3.05, 3.63) is 32.5 Å². The molecule has 130 valence electrons. The summed E-state index contributed by atoms with van der Waals surface area (Å²) in [6, 6.07) is -0.373. The normalized spacial score (nSPS) is 12.2. The zero-order chi connectivity index (χ0) is 18.0. The molecule has 24 heavy (non-hydrogen) atoms. The fourth-order valence-electron chi connectivity index (χ4n) is 2.59. The molecule has 0 aromatic carbocycles. The molecular weight excluding hydrogens is 328 g/mol. The number of amides is 1. The maximum atomic E-state index is 12.6. The Hall–Kier alpha value is -2.22. The van der Waals surface area contributed by atoms with Crippen molar-refractivity contribution in [1.29, 1.82) is 0 Å². The Morgan fingerprint density at radius 2 is 1.96 bits per heavy atom. The fraction of sp³-hybridized carbons (Fsp3) is 0.500. The van der Waals surface area contributed by atoms with E-state index in [-0.39, 0.29) is 16.8 Å². The minimum absolute atomic E-state index is 0.203. The van der Waals surface area contributed by atoms with E-state index in [1.165, 1.54) is 0 Å². The molecule has 0 aliphatic heterocycles. The molecule has 0 saturated carbocycles. The van der Waals surface area contributed by atoms with Gasteiger partial charge < -0.3 is 10.4 Å². The van der Waals surface area contributed by atoms with Crippen LogP contribution in [-0.4, -0.2) is 31.7 Å². The van der Waals surface area contributed by atoms with Crippen molar-refractivity contribution in [3.63, 3.8) is 0 Å². The summed E-state index contributed by atoms with van der Waals surface area (Å²) in [6.07, 6.45) is 0.940. The van der Waals surface area contributed by atoms with E-state index in [4.69, 9.17) is 5.11 Å². The van der Waals surface area contributed by atoms with Crippen molar-refractivity contribution < 1.29 is 14.7 Å². The van der Waals surface area contributed by atoms with Crippen molar-refractivity contribution in [2.24, 2.45) is 0 Å². The van der Waals surface area contributed by atoms with Gasteiger partial charge in [0.05, 0.1) is 23.0 Å². The summed E-state index contributed by atoms with van der Waals surface area (Å²) in [7, 11) is 0. The Labute approximate surface area is 144 Å². The van der Waals surface area contributed by atoms with Crippen molar-refractivity contribution in [2.75, 3.05) is 0 Å². The van der Waals surface area contributed by atoms with Crippen LogP contribution >= 0.6 is 11.3 Å². The molecule has 2 rings (SSSR count). The smallest absolute Gasteiger partial charge is 0.347 e. The number of carboxylic acids is 1. The molecular formula is C16H22N4O3S. The Bertz CT molecular complexity index is 779. The van der Waals surface area contributed by atoms with Crippen LogP contribution in [0.5, 0.6) is 0 Å². The molecule has 8 heteroatoms. The highest BCUT2D eigenvalue weighted by Crippen LogP contribution is 2.24. The van der Waals surface area contributed by atoms with Crippen molar-refractivity contribution in [2.45, 2.75) is 53.6 Å². The van der Waals surface area contributed by atoms with Gasteiger partial charge in [0.15, 0.2) is 0 Å². The SMILES string of the molecule is CCCn1nc(C)c(C(=O)NC(C)c2nc(C)c(C(=O)O)s2)c1C. The number of aromatic carboxylic acids is 1. The van der Waals surface area contributed by atoms with E-state index < -0.39 is 5.97 Å². The Morgan fingerprint density at radius 3 is 2.50 bits per heavy atom. The van der Waals surface area contributed by atoms with E-state index in [2.05, 4.69) is 22.3 Å². The molecule has 2 heterocycles. The lowest BCUT2D eigenvalue weighted by molar-refractivity contribution is 0.0700. The molecule has 0 aliphatic carbocycles. The van der Waals surface area contributed by atoms with Gasteiger partial charge in [-0.15, -0.1) is 11.3 Å². The zero-order valence-corrected chi connectivity index (χ0v) is 15.3. The van der Waals surface area contributed by atoms with Crippen LogP contribution in [0.1, 0.15) is 68.4 Å². The summed E-state index contributed by atoms with van der Waals surface area (Å²) in [6.45, 7) is 9.97. The average molecular weight is 350 g/mol. The van der Waals surface area contributed by atoms with Gasteiger partial charge in [-0.1, -0.05) is 6.92 Å². The molecule has 0 bridgehead atoms. The van der Waals surface area contributed by atoms with E-state index in [1.807, 2.05) is 18.5 Å². The van der Waals surface area contributed by atoms with Crippen LogP contribution in [0.25, 0.3) is 0 Å². The standard InChI is InChI=1S/C16H22N4O3S/c1-6-7-20-11(5)12(8(2)19-20)14(21)17-10(4)15-18-9(3)13(24-15)16(22)23/h10H,6-7H2,1-5H3,(H,17,21)(H,22,23). The lowest BCUT2D eigenvalue weighted by Crippen LogP contribution is -2.27. The van der Waals surface area contributed by atoms with Gasteiger partial charge in [0.1, 0.15) is 9.88 Å². The highest BCUT2D eigenvalue weighted by Gasteiger charge is 2.23. The third kappa shape index (κ3) is 3.48. The van der Waals surface area contributed by atoms with Crippen LogP contribution in [0.15, 0.2) is 0 Å². The summed E-state index contributed by atoms with van der Waals surface area (Å²) < 4.78 is 1.84. The fourth-order valence-corrected chi connectivity index (χ4v) is 3.49. The molecule has 2 aromatic heterocycles. The molecule has 0 radical (unpaired) electrons. The van der Waals surface area contributed by atoms with Gasteiger partial charge >= 0.3 is 5.97 Å². The van der Waals surface area contributed by atoms with Gasteiger partial charge in [-0.3, -0.25) is 9.48 Å². The molecule has 0 aliphatic rings. The monoisotopic (exact) mass is 350 g/mol. The van der Waals surface area contributed by atoms with Crippen molar-refractivity contribution in [1.82, 2.24) is 20.1 Å². The first-order valence-electron chi connectivity index (χ1n) is 7.81. The molecule has 1 amide bonds. The predicted molar refractivity (Wildman–Crippen MR) is 91.7 cm³/mol. The number of aromatic nitrogens is 3. The maximum Gasteiger partial charge on any atom is 0.347 e. The van der Waals surface area contributed by atoms with Gasteiger partial charge in [0.25, 0.3) is 5.91 Å². The van der Waals surface area contributed by atoms with Gasteiger partial charge in [-0.2, -0.15) is 5.10 Å². The number of carbonyl (C=O) groups is 2. The highest BCUT2D eigenvalue weighted by atomic mass is 32.1. The Morgan fingerprint density at radius 1 is 1.29 bits per heavy atom. The average Bonchev–Trinajstić information content (AvgIpc) is 3.00.